The zero-order valence-corrected chi connectivity index (χ0v) is 8.42. The van der Waals surface area contributed by atoms with E-state index in [0.717, 1.165) is 25.3 Å². The number of rotatable bonds is 3. The third-order valence-corrected chi connectivity index (χ3v) is 1.99. The SMILES string of the molecule is COC(=O)C(O)C(O)c1cc(O)cc(F)c1. The van der Waals surface area contributed by atoms with Crippen LogP contribution in [-0.4, -0.2) is 34.5 Å². The summed E-state index contributed by atoms with van der Waals surface area (Å²) in [4.78, 5) is 10.9. The molecule has 0 fully saturated rings. The van der Waals surface area contributed by atoms with Gasteiger partial charge in [-0.1, -0.05) is 0 Å². The number of aliphatic hydroxyl groups excluding tert-OH is 2. The first-order valence-corrected chi connectivity index (χ1v) is 4.39. The van der Waals surface area contributed by atoms with E-state index >= 15 is 0 Å². The van der Waals surface area contributed by atoms with Gasteiger partial charge in [0.25, 0.3) is 0 Å². The second kappa shape index (κ2) is 4.91. The monoisotopic (exact) mass is 230 g/mol. The van der Waals surface area contributed by atoms with E-state index in [1.165, 1.54) is 0 Å². The van der Waals surface area contributed by atoms with Crippen molar-refractivity contribution in [2.45, 2.75) is 12.2 Å². The third-order valence-electron chi connectivity index (χ3n) is 1.99. The normalized spacial score (nSPS) is 14.2. The Bertz CT molecular complexity index is 373. The van der Waals surface area contributed by atoms with Gasteiger partial charge in [-0.25, -0.2) is 9.18 Å². The van der Waals surface area contributed by atoms with Gasteiger partial charge in [0, 0.05) is 6.07 Å². The van der Waals surface area contributed by atoms with Gasteiger partial charge in [-0.2, -0.15) is 0 Å². The molecule has 0 aliphatic heterocycles. The Morgan fingerprint density at radius 1 is 1.38 bits per heavy atom. The van der Waals surface area contributed by atoms with Crippen molar-refractivity contribution in [2.24, 2.45) is 0 Å². The van der Waals surface area contributed by atoms with Crippen LogP contribution in [0.25, 0.3) is 0 Å². The highest BCUT2D eigenvalue weighted by atomic mass is 19.1. The van der Waals surface area contributed by atoms with Crippen molar-refractivity contribution in [3.8, 4) is 5.75 Å². The molecule has 0 aromatic heterocycles. The summed E-state index contributed by atoms with van der Waals surface area (Å²) in [5, 5.41) is 27.9. The molecular formula is C10H11FO5. The van der Waals surface area contributed by atoms with Crippen LogP contribution in [0, 0.1) is 5.82 Å². The van der Waals surface area contributed by atoms with E-state index in [9.17, 15) is 19.4 Å². The summed E-state index contributed by atoms with van der Waals surface area (Å²) in [5.74, 6) is -2.24. The van der Waals surface area contributed by atoms with Crippen molar-refractivity contribution in [2.75, 3.05) is 7.11 Å². The molecule has 2 unspecified atom stereocenters. The first-order valence-electron chi connectivity index (χ1n) is 4.39. The minimum Gasteiger partial charge on any atom is -0.508 e. The van der Waals surface area contributed by atoms with Crippen molar-refractivity contribution in [3.63, 3.8) is 0 Å². The van der Waals surface area contributed by atoms with E-state index in [1.807, 2.05) is 0 Å². The molecule has 88 valence electrons. The highest BCUT2D eigenvalue weighted by Gasteiger charge is 2.27. The summed E-state index contributed by atoms with van der Waals surface area (Å²) in [6.45, 7) is 0. The van der Waals surface area contributed by atoms with Gasteiger partial charge in [-0.15, -0.1) is 0 Å². The number of halogens is 1. The summed E-state index contributed by atoms with van der Waals surface area (Å²) in [7, 11) is 1.04. The number of phenolic OH excluding ortho intramolecular Hbond substituents is 1. The van der Waals surface area contributed by atoms with E-state index in [0.29, 0.717) is 0 Å². The second-order valence-corrected chi connectivity index (χ2v) is 3.16. The quantitative estimate of drug-likeness (QED) is 0.641. The molecule has 3 N–H and O–H groups in total. The average Bonchev–Trinajstić information content (AvgIpc) is 2.24. The topological polar surface area (TPSA) is 87.0 Å². The lowest BCUT2D eigenvalue weighted by molar-refractivity contribution is -0.156. The van der Waals surface area contributed by atoms with Crippen LogP contribution >= 0.6 is 0 Å². The van der Waals surface area contributed by atoms with E-state index in [1.54, 1.807) is 0 Å². The minimum atomic E-state index is -1.83. The average molecular weight is 230 g/mol. The summed E-state index contributed by atoms with van der Waals surface area (Å²) in [6.07, 6.45) is -3.49. The number of carbonyl (C=O) groups is 1. The van der Waals surface area contributed by atoms with Gasteiger partial charge in [-0.3, -0.25) is 0 Å². The Labute approximate surface area is 90.7 Å². The van der Waals surface area contributed by atoms with Crippen LogP contribution < -0.4 is 0 Å². The van der Waals surface area contributed by atoms with Gasteiger partial charge in [0.05, 0.1) is 7.11 Å². The number of esters is 1. The van der Waals surface area contributed by atoms with Gasteiger partial charge in [0.2, 0.25) is 0 Å². The Balaban J connectivity index is 2.95. The molecule has 1 aromatic carbocycles. The molecule has 0 saturated heterocycles. The Morgan fingerprint density at radius 3 is 2.50 bits per heavy atom. The Kier molecular flexibility index (Phi) is 3.81. The van der Waals surface area contributed by atoms with E-state index in [2.05, 4.69) is 4.74 Å². The molecule has 0 aliphatic rings. The lowest BCUT2D eigenvalue weighted by Crippen LogP contribution is -2.29. The summed E-state index contributed by atoms with van der Waals surface area (Å²) >= 11 is 0. The number of methoxy groups -OCH3 is 1. The smallest absolute Gasteiger partial charge is 0.337 e. The first kappa shape index (κ1) is 12.4. The fourth-order valence-corrected chi connectivity index (χ4v) is 1.20. The molecule has 1 aromatic rings. The van der Waals surface area contributed by atoms with Gasteiger partial charge >= 0.3 is 5.97 Å². The molecule has 0 aliphatic carbocycles. The van der Waals surface area contributed by atoms with Crippen LogP contribution in [0.3, 0.4) is 0 Å². The van der Waals surface area contributed by atoms with Gasteiger partial charge in [0.1, 0.15) is 17.7 Å². The molecule has 0 spiro atoms. The molecule has 0 bridgehead atoms. The van der Waals surface area contributed by atoms with Gasteiger partial charge in [-0.05, 0) is 17.7 Å². The van der Waals surface area contributed by atoms with Crippen LogP contribution in [0.1, 0.15) is 11.7 Å². The predicted octanol–water partition coefficient (Wildman–Crippen LogP) is 0.0986. The Hall–Kier alpha value is -1.66. The number of benzene rings is 1. The van der Waals surface area contributed by atoms with Crippen LogP contribution in [0.5, 0.6) is 5.75 Å². The fraction of sp³-hybridized carbons (Fsp3) is 0.300. The molecule has 16 heavy (non-hydrogen) atoms. The lowest BCUT2D eigenvalue weighted by Gasteiger charge is -2.16. The number of carbonyl (C=O) groups excluding carboxylic acids is 1. The molecule has 0 radical (unpaired) electrons. The third kappa shape index (κ3) is 2.68. The van der Waals surface area contributed by atoms with Crippen LogP contribution in [0.2, 0.25) is 0 Å². The molecule has 0 saturated carbocycles. The second-order valence-electron chi connectivity index (χ2n) is 3.16. The fourth-order valence-electron chi connectivity index (χ4n) is 1.20. The van der Waals surface area contributed by atoms with E-state index in [-0.39, 0.29) is 5.56 Å². The van der Waals surface area contributed by atoms with Crippen LogP contribution in [0.4, 0.5) is 4.39 Å². The molecule has 1 rings (SSSR count). The van der Waals surface area contributed by atoms with Gasteiger partial charge < -0.3 is 20.1 Å². The van der Waals surface area contributed by atoms with Crippen molar-refractivity contribution in [3.05, 3.63) is 29.6 Å². The number of ether oxygens (including phenoxy) is 1. The standard InChI is InChI=1S/C10H11FO5/c1-16-10(15)9(14)8(13)5-2-6(11)4-7(12)3-5/h2-4,8-9,12-14H,1H3. The maximum atomic E-state index is 12.9. The highest BCUT2D eigenvalue weighted by Crippen LogP contribution is 2.23. The van der Waals surface area contributed by atoms with Crippen LogP contribution in [0.15, 0.2) is 18.2 Å². The molecule has 0 amide bonds. The first-order chi connectivity index (χ1) is 7.45. The summed E-state index contributed by atoms with van der Waals surface area (Å²) in [6, 6.07) is 2.77. The zero-order valence-electron chi connectivity index (χ0n) is 8.42. The summed E-state index contributed by atoms with van der Waals surface area (Å²) in [5.41, 5.74) is -0.115. The molecule has 2 atom stereocenters. The number of aromatic hydroxyl groups is 1. The number of hydrogen-bond donors (Lipinski definition) is 3. The predicted molar refractivity (Wildman–Crippen MR) is 51.0 cm³/mol. The van der Waals surface area contributed by atoms with E-state index in [4.69, 9.17) is 5.11 Å². The molecule has 5 nitrogen and oxygen atoms in total. The van der Waals surface area contributed by atoms with E-state index < -0.39 is 29.7 Å². The molecule has 0 heterocycles. The molecule has 6 heteroatoms. The maximum absolute atomic E-state index is 12.9. The maximum Gasteiger partial charge on any atom is 0.337 e. The Morgan fingerprint density at radius 2 is 2.00 bits per heavy atom. The number of aliphatic hydroxyl groups is 2. The van der Waals surface area contributed by atoms with Crippen molar-refractivity contribution in [1.29, 1.82) is 0 Å². The zero-order chi connectivity index (χ0) is 12.3. The lowest BCUT2D eigenvalue weighted by atomic mass is 10.0. The van der Waals surface area contributed by atoms with Crippen molar-refractivity contribution < 1.29 is 29.2 Å². The summed E-state index contributed by atoms with van der Waals surface area (Å²) < 4.78 is 17.1. The number of hydrogen-bond acceptors (Lipinski definition) is 5. The van der Waals surface area contributed by atoms with Crippen LogP contribution in [-0.2, 0) is 9.53 Å². The van der Waals surface area contributed by atoms with Gasteiger partial charge in [0.15, 0.2) is 6.10 Å². The molecular weight excluding hydrogens is 219 g/mol. The number of phenols is 1. The van der Waals surface area contributed by atoms with Crippen molar-refractivity contribution in [1.82, 2.24) is 0 Å². The minimum absolute atomic E-state index is 0.115. The highest BCUT2D eigenvalue weighted by molar-refractivity contribution is 5.75. The van der Waals surface area contributed by atoms with Crippen molar-refractivity contribution >= 4 is 5.97 Å². The largest absolute Gasteiger partial charge is 0.508 e.